The van der Waals surface area contributed by atoms with Crippen molar-refractivity contribution >= 4 is 35.3 Å². The number of benzene rings is 1. The number of carbonyl (C=O) groups is 4. The highest BCUT2D eigenvalue weighted by Crippen LogP contribution is 2.29. The molecule has 2 amide bonds. The second kappa shape index (κ2) is 14.0. The number of amides is 2. The Bertz CT molecular complexity index is 900. The van der Waals surface area contributed by atoms with Crippen LogP contribution in [0, 0.1) is 5.92 Å². The van der Waals surface area contributed by atoms with Gasteiger partial charge in [-0.15, -0.1) is 0 Å². The number of ketones is 1. The molecule has 2 atom stereocenters. The van der Waals surface area contributed by atoms with Gasteiger partial charge in [0, 0.05) is 10.8 Å². The Hall–Kier alpha value is -2.75. The quantitative estimate of drug-likeness (QED) is 0.350. The van der Waals surface area contributed by atoms with Crippen molar-refractivity contribution < 1.29 is 33.8 Å². The monoisotopic (exact) mass is 508 g/mol. The number of nitrogens with one attached hydrogen (secondary N) is 2. The summed E-state index contributed by atoms with van der Waals surface area (Å²) < 4.78 is 10.5. The average Bonchev–Trinajstić information content (AvgIpc) is 3.33. The van der Waals surface area contributed by atoms with Crippen LogP contribution < -0.4 is 20.1 Å². The molecule has 0 aromatic heterocycles. The van der Waals surface area contributed by atoms with Crippen molar-refractivity contribution in [1.29, 1.82) is 0 Å². The molecule has 0 bridgehead atoms. The van der Waals surface area contributed by atoms with Gasteiger partial charge in [0.15, 0.2) is 5.78 Å². The topological polar surface area (TPSA) is 131 Å². The highest BCUT2D eigenvalue weighted by molar-refractivity contribution is 8.00. The molecule has 10 heteroatoms. The summed E-state index contributed by atoms with van der Waals surface area (Å²) in [6, 6.07) is 3.01. The van der Waals surface area contributed by atoms with E-state index in [1.165, 1.54) is 26.0 Å². The van der Waals surface area contributed by atoms with Crippen LogP contribution >= 0.6 is 11.8 Å². The lowest BCUT2D eigenvalue weighted by molar-refractivity contribution is -0.140. The van der Waals surface area contributed by atoms with Crippen LogP contribution in [0.3, 0.4) is 0 Å². The fraction of sp³-hybridized carbons (Fsp3) is 0.600. The minimum atomic E-state index is -1.18. The third-order valence-corrected chi connectivity index (χ3v) is 7.35. The smallest absolute Gasteiger partial charge is 0.305 e. The summed E-state index contributed by atoms with van der Waals surface area (Å²) in [5.74, 6) is -1.57. The molecular formula is C25H36N2O7S. The van der Waals surface area contributed by atoms with Crippen molar-refractivity contribution in [2.24, 2.45) is 5.92 Å². The Morgan fingerprint density at radius 1 is 1.09 bits per heavy atom. The van der Waals surface area contributed by atoms with E-state index in [0.717, 1.165) is 25.7 Å². The van der Waals surface area contributed by atoms with Crippen molar-refractivity contribution in [2.45, 2.75) is 69.7 Å². The third-order valence-electron chi connectivity index (χ3n) is 5.95. The van der Waals surface area contributed by atoms with Crippen molar-refractivity contribution in [2.75, 3.05) is 20.0 Å². The van der Waals surface area contributed by atoms with Crippen LogP contribution in [0.5, 0.6) is 11.5 Å². The van der Waals surface area contributed by atoms with Crippen molar-refractivity contribution in [3.8, 4) is 11.5 Å². The van der Waals surface area contributed by atoms with E-state index < -0.39 is 36.3 Å². The first-order valence-corrected chi connectivity index (χ1v) is 12.9. The molecule has 0 saturated heterocycles. The second-order valence-corrected chi connectivity index (χ2v) is 10.3. The van der Waals surface area contributed by atoms with Crippen LogP contribution in [0.1, 0.15) is 51.5 Å². The Morgan fingerprint density at radius 3 is 2.34 bits per heavy atom. The number of methoxy groups -OCH3 is 2. The summed E-state index contributed by atoms with van der Waals surface area (Å²) in [6.45, 7) is 3.53. The number of rotatable bonds is 14. The maximum Gasteiger partial charge on any atom is 0.305 e. The van der Waals surface area contributed by atoms with Gasteiger partial charge >= 0.3 is 5.97 Å². The van der Waals surface area contributed by atoms with Crippen LogP contribution in [0.4, 0.5) is 0 Å². The summed E-state index contributed by atoms with van der Waals surface area (Å²) >= 11 is 1.52. The summed E-state index contributed by atoms with van der Waals surface area (Å²) in [4.78, 5) is 49.9. The van der Waals surface area contributed by atoms with E-state index in [0.29, 0.717) is 22.3 Å². The van der Waals surface area contributed by atoms with Gasteiger partial charge in [0.2, 0.25) is 11.8 Å². The average molecular weight is 509 g/mol. The molecule has 0 heterocycles. The largest absolute Gasteiger partial charge is 0.497 e. The number of hydrogen-bond acceptors (Lipinski definition) is 7. The van der Waals surface area contributed by atoms with Gasteiger partial charge < -0.3 is 25.2 Å². The van der Waals surface area contributed by atoms with Crippen LogP contribution in [0.2, 0.25) is 0 Å². The highest BCUT2D eigenvalue weighted by Gasteiger charge is 2.30. The van der Waals surface area contributed by atoms with Gasteiger partial charge in [0.05, 0.1) is 38.9 Å². The van der Waals surface area contributed by atoms with E-state index in [1.54, 1.807) is 32.0 Å². The zero-order chi connectivity index (χ0) is 26.0. The van der Waals surface area contributed by atoms with Crippen molar-refractivity contribution in [1.82, 2.24) is 10.6 Å². The Labute approximate surface area is 210 Å². The van der Waals surface area contributed by atoms with Crippen molar-refractivity contribution in [3.63, 3.8) is 0 Å². The standard InChI is InChI=1S/C25H36N2O7S/c1-15(2)24(27-22(29)12-16-11-17(33-3)9-10-21(16)34-4)25(32)26-19(13-23(30)31)20(28)14-35-18-7-5-6-8-18/h9-11,15,18-19,24H,5-8,12-14H2,1-4H3,(H,26,32)(H,27,29)(H,30,31). The predicted octanol–water partition coefficient (Wildman–Crippen LogP) is 2.59. The van der Waals surface area contributed by atoms with Crippen LogP contribution in [-0.2, 0) is 25.6 Å². The van der Waals surface area contributed by atoms with E-state index in [9.17, 15) is 24.3 Å². The van der Waals surface area contributed by atoms with Gasteiger partial charge in [-0.05, 0) is 37.0 Å². The molecule has 1 aromatic carbocycles. The minimum Gasteiger partial charge on any atom is -0.497 e. The number of hydrogen-bond donors (Lipinski definition) is 3. The van der Waals surface area contributed by atoms with Gasteiger partial charge in [-0.3, -0.25) is 19.2 Å². The molecule has 9 nitrogen and oxygen atoms in total. The molecule has 0 spiro atoms. The van der Waals surface area contributed by atoms with Crippen molar-refractivity contribution in [3.05, 3.63) is 23.8 Å². The number of aliphatic carboxylic acids is 1. The maximum atomic E-state index is 13.0. The lowest BCUT2D eigenvalue weighted by atomic mass is 10.0. The first-order valence-electron chi connectivity index (χ1n) is 11.8. The Balaban J connectivity index is 2.05. The molecule has 1 aliphatic carbocycles. The number of Topliss-reactive ketones (excluding diaryl/α,β-unsaturated/α-hetero) is 1. The summed E-state index contributed by atoms with van der Waals surface area (Å²) in [5.41, 5.74) is 0.593. The van der Waals surface area contributed by atoms with Gasteiger partial charge in [0.1, 0.15) is 17.5 Å². The Kier molecular flexibility index (Phi) is 11.4. The molecule has 0 aliphatic heterocycles. The number of thioether (sulfide) groups is 1. The second-order valence-electron chi connectivity index (χ2n) is 8.99. The van der Waals surface area contributed by atoms with E-state index in [-0.39, 0.29) is 23.9 Å². The van der Waals surface area contributed by atoms with Crippen LogP contribution in [-0.4, -0.2) is 66.0 Å². The molecule has 1 saturated carbocycles. The van der Waals surface area contributed by atoms with E-state index >= 15 is 0 Å². The summed E-state index contributed by atoms with van der Waals surface area (Å²) in [7, 11) is 3.02. The lowest BCUT2D eigenvalue weighted by Gasteiger charge is -2.25. The zero-order valence-electron chi connectivity index (χ0n) is 20.8. The number of carbonyl (C=O) groups excluding carboxylic acids is 3. The van der Waals surface area contributed by atoms with Gasteiger partial charge in [0.25, 0.3) is 0 Å². The SMILES string of the molecule is COc1ccc(OC)c(CC(=O)NC(C(=O)NC(CC(=O)O)C(=O)CSC2CCCC2)C(C)C)c1. The third kappa shape index (κ3) is 9.08. The number of carboxylic acid groups (broad SMARTS) is 1. The molecule has 2 unspecified atom stereocenters. The fourth-order valence-electron chi connectivity index (χ4n) is 3.99. The summed E-state index contributed by atoms with van der Waals surface area (Å²) in [6.07, 6.45) is 3.82. The van der Waals surface area contributed by atoms with Gasteiger partial charge in [-0.25, -0.2) is 0 Å². The number of carboxylic acids is 1. The zero-order valence-corrected chi connectivity index (χ0v) is 21.6. The van der Waals surface area contributed by atoms with Gasteiger partial charge in [-0.1, -0.05) is 26.7 Å². The normalized spacial score (nSPS) is 15.3. The van der Waals surface area contributed by atoms with E-state index in [2.05, 4.69) is 10.6 Å². The molecule has 1 aliphatic rings. The molecule has 1 fully saturated rings. The molecule has 2 rings (SSSR count). The van der Waals surface area contributed by atoms with E-state index in [4.69, 9.17) is 9.47 Å². The Morgan fingerprint density at radius 2 is 1.77 bits per heavy atom. The molecule has 1 aromatic rings. The van der Waals surface area contributed by atoms with E-state index in [1.807, 2.05) is 0 Å². The highest BCUT2D eigenvalue weighted by atomic mass is 32.2. The first-order chi connectivity index (χ1) is 16.6. The lowest BCUT2D eigenvalue weighted by Crippen LogP contribution is -2.54. The summed E-state index contributed by atoms with van der Waals surface area (Å²) in [5, 5.41) is 15.0. The molecule has 194 valence electrons. The molecule has 3 N–H and O–H groups in total. The molecule has 35 heavy (non-hydrogen) atoms. The minimum absolute atomic E-state index is 0.0492. The maximum absolute atomic E-state index is 13.0. The number of ether oxygens (including phenoxy) is 2. The molecule has 0 radical (unpaired) electrons. The molecular weight excluding hydrogens is 472 g/mol. The van der Waals surface area contributed by atoms with Gasteiger partial charge in [-0.2, -0.15) is 11.8 Å². The van der Waals surface area contributed by atoms with Crippen LogP contribution in [0.25, 0.3) is 0 Å². The van der Waals surface area contributed by atoms with Crippen LogP contribution in [0.15, 0.2) is 18.2 Å². The fourth-order valence-corrected chi connectivity index (χ4v) is 5.26. The first kappa shape index (κ1) is 28.5. The predicted molar refractivity (Wildman–Crippen MR) is 134 cm³/mol.